The number of hydrogen-bond acceptors (Lipinski definition) is 9. The number of benzene rings is 2. The fourth-order valence-corrected chi connectivity index (χ4v) is 6.52. The summed E-state index contributed by atoms with van der Waals surface area (Å²) < 4.78 is 4.97. The molecule has 0 bridgehead atoms. The van der Waals surface area contributed by atoms with Gasteiger partial charge in [-0.25, -0.2) is 0 Å². The first kappa shape index (κ1) is 28.3. The third kappa shape index (κ3) is 4.64. The highest BCUT2D eigenvalue weighted by molar-refractivity contribution is 6.25. The van der Waals surface area contributed by atoms with Gasteiger partial charge in [-0.2, -0.15) is 0 Å². The van der Waals surface area contributed by atoms with Gasteiger partial charge in [-0.1, -0.05) is 30.3 Å². The molecule has 0 unspecified atom stereocenters. The number of esters is 1. The molecule has 9 heteroatoms. The lowest BCUT2D eigenvalue weighted by atomic mass is 9.60. The standard InChI is InChI=1S/C32H32O9/c1-3-41-25(36)6-4-5-17-7-9-18(10-8-17)21-11-12-23(34)28-22(21)14-19-13-20-15-24(35)26(16(2)33)30(38)32(20,40)31(39)27(19)29(28)37/h7-12,19-20,34-35,39-40H,3-6,13-15H2,1-2H3/t19-,20+,32-/m1/s1. The third-order valence-electron chi connectivity index (χ3n) is 8.47. The van der Waals surface area contributed by atoms with Crippen LogP contribution in [0.5, 0.6) is 5.75 Å². The molecule has 2 aromatic carbocycles. The summed E-state index contributed by atoms with van der Waals surface area (Å²) in [5.74, 6) is -5.83. The molecule has 0 radical (unpaired) electrons. The van der Waals surface area contributed by atoms with E-state index in [1.807, 2.05) is 24.3 Å². The number of rotatable bonds is 7. The molecule has 0 aliphatic heterocycles. The van der Waals surface area contributed by atoms with Crippen LogP contribution in [0.3, 0.4) is 0 Å². The molecule has 3 aliphatic carbocycles. The van der Waals surface area contributed by atoms with Gasteiger partial charge in [0.05, 0.1) is 12.2 Å². The normalized spacial score (nSPS) is 23.6. The molecule has 3 aliphatic rings. The Kier molecular flexibility index (Phi) is 7.33. The molecular formula is C32H32O9. The van der Waals surface area contributed by atoms with Crippen molar-refractivity contribution in [3.05, 3.63) is 75.8 Å². The average Bonchev–Trinajstić information content (AvgIpc) is 2.91. The van der Waals surface area contributed by atoms with Crippen LogP contribution in [0, 0.1) is 11.8 Å². The molecule has 2 aromatic rings. The largest absolute Gasteiger partial charge is 0.511 e. The van der Waals surface area contributed by atoms with Gasteiger partial charge in [-0.15, -0.1) is 0 Å². The molecule has 5 rings (SSSR count). The van der Waals surface area contributed by atoms with Crippen LogP contribution in [0.25, 0.3) is 11.1 Å². The van der Waals surface area contributed by atoms with Gasteiger partial charge in [-0.3, -0.25) is 19.2 Å². The van der Waals surface area contributed by atoms with Gasteiger partial charge < -0.3 is 25.2 Å². The highest BCUT2D eigenvalue weighted by Gasteiger charge is 2.59. The number of aliphatic hydroxyl groups excluding tert-OH is 2. The maximum Gasteiger partial charge on any atom is 0.305 e. The Morgan fingerprint density at radius 2 is 1.73 bits per heavy atom. The highest BCUT2D eigenvalue weighted by Crippen LogP contribution is 2.52. The van der Waals surface area contributed by atoms with Crippen molar-refractivity contribution in [1.82, 2.24) is 0 Å². The van der Waals surface area contributed by atoms with E-state index in [1.54, 1.807) is 13.0 Å². The number of Topliss-reactive ketones (excluding diaryl/α,β-unsaturated/α-hetero) is 3. The minimum absolute atomic E-state index is 0.00528. The zero-order chi connectivity index (χ0) is 29.6. The van der Waals surface area contributed by atoms with E-state index >= 15 is 0 Å². The Morgan fingerprint density at radius 3 is 2.39 bits per heavy atom. The van der Waals surface area contributed by atoms with Gasteiger partial charge in [0.2, 0.25) is 5.78 Å². The molecule has 4 N–H and O–H groups in total. The van der Waals surface area contributed by atoms with Crippen molar-refractivity contribution in [2.45, 2.75) is 58.0 Å². The number of hydrogen-bond donors (Lipinski definition) is 4. The summed E-state index contributed by atoms with van der Waals surface area (Å²) in [6.45, 7) is 3.20. The number of aryl methyl sites for hydroxylation is 1. The van der Waals surface area contributed by atoms with E-state index in [0.717, 1.165) is 23.6 Å². The van der Waals surface area contributed by atoms with Crippen LogP contribution >= 0.6 is 0 Å². The lowest BCUT2D eigenvalue weighted by Gasteiger charge is -2.45. The zero-order valence-electron chi connectivity index (χ0n) is 22.9. The molecule has 0 aromatic heterocycles. The number of carbonyl (C=O) groups excluding carboxylic acids is 4. The molecule has 41 heavy (non-hydrogen) atoms. The lowest BCUT2D eigenvalue weighted by molar-refractivity contribution is -0.144. The van der Waals surface area contributed by atoms with Crippen molar-refractivity contribution in [1.29, 1.82) is 0 Å². The van der Waals surface area contributed by atoms with E-state index in [0.29, 0.717) is 31.4 Å². The fourth-order valence-electron chi connectivity index (χ4n) is 6.52. The number of ether oxygens (including phenoxy) is 1. The monoisotopic (exact) mass is 560 g/mol. The fraction of sp³-hybridized carbons (Fsp3) is 0.375. The number of aromatic hydroxyl groups is 1. The van der Waals surface area contributed by atoms with E-state index in [4.69, 9.17) is 4.74 Å². The first-order valence-corrected chi connectivity index (χ1v) is 13.8. The zero-order valence-corrected chi connectivity index (χ0v) is 22.9. The van der Waals surface area contributed by atoms with Crippen LogP contribution in [-0.2, 0) is 32.0 Å². The molecule has 0 fully saturated rings. The van der Waals surface area contributed by atoms with E-state index in [1.165, 1.54) is 6.07 Å². The summed E-state index contributed by atoms with van der Waals surface area (Å²) in [7, 11) is 0. The number of fused-ring (bicyclic) bond motifs is 3. The van der Waals surface area contributed by atoms with Gasteiger partial charge in [0.1, 0.15) is 22.8 Å². The molecule has 9 nitrogen and oxygen atoms in total. The van der Waals surface area contributed by atoms with E-state index in [-0.39, 0.29) is 42.1 Å². The number of ketones is 3. The van der Waals surface area contributed by atoms with Crippen molar-refractivity contribution in [2.24, 2.45) is 11.8 Å². The van der Waals surface area contributed by atoms with Crippen LogP contribution in [0.15, 0.2) is 59.1 Å². The molecule has 0 amide bonds. The molecule has 0 spiro atoms. The molecule has 214 valence electrons. The van der Waals surface area contributed by atoms with Gasteiger partial charge in [0.15, 0.2) is 17.2 Å². The average molecular weight is 561 g/mol. The van der Waals surface area contributed by atoms with E-state index in [9.17, 15) is 39.6 Å². The number of allylic oxidation sites excluding steroid dienone is 2. The quantitative estimate of drug-likeness (QED) is 0.287. The SMILES string of the molecule is CCOC(=O)CCCc1ccc(-c2ccc(O)c3c2C[C@H]2C[C@H]4CC(O)=C(C(C)=O)C(=O)[C@@]4(O)C(O)=C2C3=O)cc1. The number of phenolic OH excluding ortho intramolecular Hbond substituents is 1. The number of aliphatic hydroxyl groups is 3. The maximum atomic E-state index is 13.8. The highest BCUT2D eigenvalue weighted by atomic mass is 16.5. The Morgan fingerprint density at radius 1 is 1.02 bits per heavy atom. The molecule has 0 heterocycles. The van der Waals surface area contributed by atoms with Crippen LogP contribution in [-0.4, -0.2) is 56.0 Å². The summed E-state index contributed by atoms with van der Waals surface area (Å²) >= 11 is 0. The summed E-state index contributed by atoms with van der Waals surface area (Å²) in [6, 6.07) is 10.8. The molecular weight excluding hydrogens is 528 g/mol. The van der Waals surface area contributed by atoms with Gasteiger partial charge in [0.25, 0.3) is 0 Å². The maximum absolute atomic E-state index is 13.8. The Balaban J connectivity index is 1.48. The summed E-state index contributed by atoms with van der Waals surface area (Å²) in [4.78, 5) is 50.6. The molecule has 0 saturated carbocycles. The Labute approximate surface area is 236 Å². The van der Waals surface area contributed by atoms with Crippen molar-refractivity contribution < 1.29 is 44.3 Å². The topological polar surface area (TPSA) is 158 Å². The smallest absolute Gasteiger partial charge is 0.305 e. The van der Waals surface area contributed by atoms with Gasteiger partial charge in [0, 0.05) is 24.3 Å². The first-order chi connectivity index (χ1) is 19.5. The van der Waals surface area contributed by atoms with E-state index in [2.05, 4.69) is 0 Å². The van der Waals surface area contributed by atoms with Crippen molar-refractivity contribution >= 4 is 23.3 Å². The predicted molar refractivity (Wildman–Crippen MR) is 147 cm³/mol. The third-order valence-corrected chi connectivity index (χ3v) is 8.47. The van der Waals surface area contributed by atoms with Crippen molar-refractivity contribution in [3.63, 3.8) is 0 Å². The van der Waals surface area contributed by atoms with Crippen LogP contribution in [0.1, 0.15) is 61.0 Å². The van der Waals surface area contributed by atoms with E-state index < -0.39 is 51.9 Å². The van der Waals surface area contributed by atoms with Gasteiger partial charge >= 0.3 is 5.97 Å². The lowest BCUT2D eigenvalue weighted by Crippen LogP contribution is -2.56. The molecule has 3 atom stereocenters. The van der Waals surface area contributed by atoms with Gasteiger partial charge in [-0.05, 0) is 73.8 Å². The second-order valence-electron chi connectivity index (χ2n) is 10.9. The van der Waals surface area contributed by atoms with Crippen LogP contribution in [0.4, 0.5) is 0 Å². The first-order valence-electron chi connectivity index (χ1n) is 13.8. The van der Waals surface area contributed by atoms with Crippen LogP contribution < -0.4 is 0 Å². The number of carbonyl (C=O) groups is 4. The summed E-state index contributed by atoms with van der Waals surface area (Å²) in [5.41, 5.74) is -0.0916. The predicted octanol–water partition coefficient (Wildman–Crippen LogP) is 4.24. The van der Waals surface area contributed by atoms with Crippen molar-refractivity contribution in [3.8, 4) is 16.9 Å². The Hall–Kier alpha value is -4.24. The summed E-state index contributed by atoms with van der Waals surface area (Å²) in [5, 5.41) is 43.8. The summed E-state index contributed by atoms with van der Waals surface area (Å²) in [6.07, 6.45) is 1.83. The minimum Gasteiger partial charge on any atom is -0.511 e. The Bertz CT molecular complexity index is 1530. The number of phenols is 1. The van der Waals surface area contributed by atoms with Crippen LogP contribution in [0.2, 0.25) is 0 Å². The molecule has 0 saturated heterocycles. The second-order valence-corrected chi connectivity index (χ2v) is 10.9. The van der Waals surface area contributed by atoms with Crippen molar-refractivity contribution in [2.75, 3.05) is 6.61 Å². The second kappa shape index (κ2) is 10.6. The minimum atomic E-state index is -2.51.